The van der Waals surface area contributed by atoms with Crippen LogP contribution in [-0.4, -0.2) is 11.1 Å². The predicted molar refractivity (Wildman–Crippen MR) is 58.5 cm³/mol. The number of carboxylic acid groups (broad SMARTS) is 1. The summed E-state index contributed by atoms with van der Waals surface area (Å²) < 4.78 is 0. The van der Waals surface area contributed by atoms with Crippen LogP contribution < -0.4 is 0 Å². The minimum atomic E-state index is -0.833. The Kier molecular flexibility index (Phi) is 4.92. The lowest BCUT2D eigenvalue weighted by Gasteiger charge is -2.18. The van der Waals surface area contributed by atoms with Gasteiger partial charge < -0.3 is 5.11 Å². The second-order valence-corrected chi connectivity index (χ2v) is 4.14. The second kappa shape index (κ2) is 5.43. The van der Waals surface area contributed by atoms with Crippen molar-refractivity contribution >= 4 is 5.97 Å². The lowest BCUT2D eigenvalue weighted by molar-refractivity contribution is -0.134. The topological polar surface area (TPSA) is 37.3 Å². The summed E-state index contributed by atoms with van der Waals surface area (Å²) in [6.07, 6.45) is 0. The Hall–Kier alpha value is -1.31. The van der Waals surface area contributed by atoms with Gasteiger partial charge in [-0.3, -0.25) is 4.79 Å². The summed E-state index contributed by atoms with van der Waals surface area (Å²) in [5.41, 5.74) is 1.69. The van der Waals surface area contributed by atoms with Gasteiger partial charge in [-0.25, -0.2) is 0 Å². The number of carboxylic acids is 1. The third-order valence-electron chi connectivity index (χ3n) is 1.64. The molecule has 0 radical (unpaired) electrons. The van der Waals surface area contributed by atoms with Crippen LogP contribution in [0.3, 0.4) is 0 Å². The average Bonchev–Trinajstić information content (AvgIpc) is 2.03. The number of benzene rings is 1. The molecule has 0 spiro atoms. The van der Waals surface area contributed by atoms with Crippen molar-refractivity contribution in [3.63, 3.8) is 0 Å². The van der Waals surface area contributed by atoms with Gasteiger partial charge in [-0.2, -0.15) is 0 Å². The number of hydrogen-bond donors (Lipinski definition) is 1. The van der Waals surface area contributed by atoms with Gasteiger partial charge in [-0.05, 0) is 11.0 Å². The van der Waals surface area contributed by atoms with Crippen molar-refractivity contribution in [1.82, 2.24) is 0 Å². The van der Waals surface area contributed by atoms with Crippen LogP contribution in [0.2, 0.25) is 0 Å². The summed E-state index contributed by atoms with van der Waals surface area (Å²) in [5.74, 6) is -0.833. The lowest BCUT2D eigenvalue weighted by atomic mass is 9.87. The SMILES string of the molecule is CC(=O)O.CC(C)(C)c1ccccc1. The summed E-state index contributed by atoms with van der Waals surface area (Å²) in [4.78, 5) is 9.00. The third kappa shape index (κ3) is 6.23. The highest BCUT2D eigenvalue weighted by atomic mass is 16.4. The van der Waals surface area contributed by atoms with Crippen LogP contribution in [0.15, 0.2) is 30.3 Å². The van der Waals surface area contributed by atoms with E-state index in [0.29, 0.717) is 5.41 Å². The Morgan fingerprint density at radius 3 is 1.71 bits per heavy atom. The van der Waals surface area contributed by atoms with Crippen molar-refractivity contribution in [2.24, 2.45) is 0 Å². The summed E-state index contributed by atoms with van der Waals surface area (Å²) in [7, 11) is 0. The van der Waals surface area contributed by atoms with E-state index in [1.165, 1.54) is 5.56 Å². The van der Waals surface area contributed by atoms with Gasteiger partial charge >= 0.3 is 0 Å². The highest BCUT2D eigenvalue weighted by Crippen LogP contribution is 2.20. The van der Waals surface area contributed by atoms with E-state index in [-0.39, 0.29) is 0 Å². The molecule has 1 rings (SSSR count). The van der Waals surface area contributed by atoms with Crippen molar-refractivity contribution in [2.75, 3.05) is 0 Å². The number of hydrogen-bond acceptors (Lipinski definition) is 1. The quantitative estimate of drug-likeness (QED) is 0.689. The molecule has 0 aliphatic carbocycles. The summed E-state index contributed by atoms with van der Waals surface area (Å²) in [6.45, 7) is 7.76. The molecular formula is C12H18O2. The zero-order valence-electron chi connectivity index (χ0n) is 9.24. The summed E-state index contributed by atoms with van der Waals surface area (Å²) in [5, 5.41) is 7.42. The number of rotatable bonds is 0. The molecule has 0 amide bonds. The van der Waals surface area contributed by atoms with Gasteiger partial charge in [0.05, 0.1) is 0 Å². The van der Waals surface area contributed by atoms with Gasteiger partial charge in [0.25, 0.3) is 5.97 Å². The van der Waals surface area contributed by atoms with Crippen LogP contribution in [0.1, 0.15) is 33.3 Å². The van der Waals surface area contributed by atoms with Crippen molar-refractivity contribution in [1.29, 1.82) is 0 Å². The first-order chi connectivity index (χ1) is 6.34. The van der Waals surface area contributed by atoms with Crippen LogP contribution in [0.5, 0.6) is 0 Å². The van der Waals surface area contributed by atoms with E-state index in [9.17, 15) is 0 Å². The molecule has 1 aromatic carbocycles. The summed E-state index contributed by atoms with van der Waals surface area (Å²) >= 11 is 0. The fourth-order valence-corrected chi connectivity index (χ4v) is 0.938. The molecule has 1 N–H and O–H groups in total. The molecule has 0 aromatic heterocycles. The maximum absolute atomic E-state index is 9.00. The number of aliphatic carboxylic acids is 1. The standard InChI is InChI=1S/C10H14.C2H4O2/c1-10(2,3)9-7-5-4-6-8-9;1-2(3)4/h4-8H,1-3H3;1H3,(H,3,4). The predicted octanol–water partition coefficient (Wildman–Crippen LogP) is 3.08. The van der Waals surface area contributed by atoms with E-state index >= 15 is 0 Å². The highest BCUT2D eigenvalue weighted by Gasteiger charge is 2.11. The van der Waals surface area contributed by atoms with E-state index in [1.807, 2.05) is 0 Å². The molecule has 0 unspecified atom stereocenters. The molecule has 0 saturated heterocycles. The van der Waals surface area contributed by atoms with Gasteiger partial charge in [0, 0.05) is 6.92 Å². The van der Waals surface area contributed by atoms with E-state index in [4.69, 9.17) is 9.90 Å². The molecule has 0 saturated carbocycles. The number of carbonyl (C=O) groups is 1. The molecule has 0 fully saturated rings. The molecule has 78 valence electrons. The first kappa shape index (κ1) is 12.7. The van der Waals surface area contributed by atoms with Gasteiger partial charge in [0.2, 0.25) is 0 Å². The zero-order chi connectivity index (χ0) is 11.2. The summed E-state index contributed by atoms with van der Waals surface area (Å²) in [6, 6.07) is 10.6. The zero-order valence-corrected chi connectivity index (χ0v) is 9.24. The Balaban J connectivity index is 0.000000364. The molecule has 1 aromatic rings. The van der Waals surface area contributed by atoms with E-state index in [2.05, 4.69) is 51.1 Å². The third-order valence-corrected chi connectivity index (χ3v) is 1.64. The van der Waals surface area contributed by atoms with Crippen LogP contribution in [0.25, 0.3) is 0 Å². The van der Waals surface area contributed by atoms with E-state index < -0.39 is 5.97 Å². The van der Waals surface area contributed by atoms with Crippen LogP contribution in [0, 0.1) is 0 Å². The van der Waals surface area contributed by atoms with Crippen molar-refractivity contribution in [3.05, 3.63) is 35.9 Å². The molecule has 2 nitrogen and oxygen atoms in total. The second-order valence-electron chi connectivity index (χ2n) is 4.14. The molecule has 0 bridgehead atoms. The normalized spacial score (nSPS) is 10.0. The van der Waals surface area contributed by atoms with Crippen molar-refractivity contribution < 1.29 is 9.90 Å². The minimum absolute atomic E-state index is 0.293. The van der Waals surface area contributed by atoms with Crippen LogP contribution in [-0.2, 0) is 10.2 Å². The van der Waals surface area contributed by atoms with Gasteiger partial charge in [0.1, 0.15) is 0 Å². The van der Waals surface area contributed by atoms with Crippen molar-refractivity contribution in [2.45, 2.75) is 33.1 Å². The fraction of sp³-hybridized carbons (Fsp3) is 0.417. The minimum Gasteiger partial charge on any atom is -0.481 e. The maximum atomic E-state index is 9.00. The highest BCUT2D eigenvalue weighted by molar-refractivity contribution is 5.62. The molecule has 14 heavy (non-hydrogen) atoms. The van der Waals surface area contributed by atoms with Crippen molar-refractivity contribution in [3.8, 4) is 0 Å². The van der Waals surface area contributed by atoms with Gasteiger partial charge in [0.15, 0.2) is 0 Å². The fourth-order valence-electron chi connectivity index (χ4n) is 0.938. The smallest absolute Gasteiger partial charge is 0.300 e. The molecule has 2 heteroatoms. The molecular weight excluding hydrogens is 176 g/mol. The van der Waals surface area contributed by atoms with E-state index in [0.717, 1.165) is 6.92 Å². The molecule has 0 heterocycles. The Morgan fingerprint density at radius 2 is 1.50 bits per heavy atom. The monoisotopic (exact) mass is 194 g/mol. The Bertz CT molecular complexity index is 266. The largest absolute Gasteiger partial charge is 0.481 e. The molecule has 0 aliphatic heterocycles. The first-order valence-corrected chi connectivity index (χ1v) is 4.59. The van der Waals surface area contributed by atoms with E-state index in [1.54, 1.807) is 0 Å². The molecule has 0 aliphatic rings. The first-order valence-electron chi connectivity index (χ1n) is 4.59. The maximum Gasteiger partial charge on any atom is 0.300 e. The van der Waals surface area contributed by atoms with Crippen LogP contribution in [0.4, 0.5) is 0 Å². The Morgan fingerprint density at radius 1 is 1.14 bits per heavy atom. The lowest BCUT2D eigenvalue weighted by Crippen LogP contribution is -2.10. The van der Waals surface area contributed by atoms with Gasteiger partial charge in [-0.15, -0.1) is 0 Å². The molecule has 0 atom stereocenters. The average molecular weight is 194 g/mol. The Labute approximate surface area is 85.6 Å². The van der Waals surface area contributed by atoms with Crippen LogP contribution >= 0.6 is 0 Å². The van der Waals surface area contributed by atoms with Gasteiger partial charge in [-0.1, -0.05) is 51.1 Å².